The maximum Gasteiger partial charge on any atom is 0.293 e. The number of benzene rings is 1. The third-order valence-electron chi connectivity index (χ3n) is 2.53. The monoisotopic (exact) mass is 271 g/mol. The highest BCUT2D eigenvalue weighted by Crippen LogP contribution is 2.17. The molecule has 1 amide bonds. The van der Waals surface area contributed by atoms with Crippen molar-refractivity contribution in [2.45, 2.75) is 13.8 Å². The summed E-state index contributed by atoms with van der Waals surface area (Å²) in [7, 11) is 0. The molecule has 1 aromatic carbocycles. The Hall–Kier alpha value is -2.81. The summed E-state index contributed by atoms with van der Waals surface area (Å²) in [5.41, 5.74) is 1.15. The zero-order valence-electron chi connectivity index (χ0n) is 11.1. The molecular formula is C14H13N3O3. The van der Waals surface area contributed by atoms with Gasteiger partial charge in [-0.2, -0.15) is 5.26 Å². The van der Waals surface area contributed by atoms with Crippen molar-refractivity contribution in [2.24, 2.45) is 0 Å². The quantitative estimate of drug-likeness (QED) is 0.922. The van der Waals surface area contributed by atoms with Crippen molar-refractivity contribution in [1.82, 2.24) is 4.98 Å². The van der Waals surface area contributed by atoms with Crippen LogP contribution in [0.3, 0.4) is 0 Å². The predicted molar refractivity (Wildman–Crippen MR) is 71.5 cm³/mol. The molecule has 102 valence electrons. The van der Waals surface area contributed by atoms with Crippen molar-refractivity contribution in [3.63, 3.8) is 0 Å². The Kier molecular flexibility index (Phi) is 4.01. The van der Waals surface area contributed by atoms with Gasteiger partial charge in [0.05, 0.1) is 5.69 Å². The minimum Gasteiger partial charge on any atom is -0.479 e. The van der Waals surface area contributed by atoms with E-state index in [0.717, 1.165) is 0 Å². The number of carbonyl (C=O) groups excluding carboxylic acids is 1. The van der Waals surface area contributed by atoms with Crippen LogP contribution in [0.1, 0.15) is 22.1 Å². The summed E-state index contributed by atoms with van der Waals surface area (Å²) in [4.78, 5) is 16.0. The lowest BCUT2D eigenvalue weighted by Gasteiger charge is -2.05. The molecule has 1 aromatic heterocycles. The third-order valence-corrected chi connectivity index (χ3v) is 2.53. The first-order valence-corrected chi connectivity index (χ1v) is 5.95. The molecule has 0 aliphatic carbocycles. The van der Waals surface area contributed by atoms with E-state index in [1.54, 1.807) is 38.1 Å². The van der Waals surface area contributed by atoms with E-state index in [9.17, 15) is 4.79 Å². The predicted octanol–water partition coefficient (Wildman–Crippen LogP) is 2.45. The lowest BCUT2D eigenvalue weighted by Crippen LogP contribution is -2.12. The first-order chi connectivity index (χ1) is 9.60. The number of ether oxygens (including phenoxy) is 1. The zero-order valence-corrected chi connectivity index (χ0v) is 11.1. The van der Waals surface area contributed by atoms with Gasteiger partial charge in [0.15, 0.2) is 12.5 Å². The number of oxazole rings is 1. The molecule has 0 bridgehead atoms. The number of hydrogen-bond acceptors (Lipinski definition) is 5. The second-order valence-electron chi connectivity index (χ2n) is 4.07. The number of amides is 1. The van der Waals surface area contributed by atoms with Gasteiger partial charge < -0.3 is 14.5 Å². The highest BCUT2D eigenvalue weighted by Gasteiger charge is 2.15. The molecule has 0 aliphatic heterocycles. The summed E-state index contributed by atoms with van der Waals surface area (Å²) >= 11 is 0. The van der Waals surface area contributed by atoms with Crippen LogP contribution in [0.25, 0.3) is 0 Å². The van der Waals surface area contributed by atoms with Crippen LogP contribution in [-0.2, 0) is 0 Å². The van der Waals surface area contributed by atoms with Crippen LogP contribution in [0.2, 0.25) is 0 Å². The largest absolute Gasteiger partial charge is 0.479 e. The van der Waals surface area contributed by atoms with E-state index in [0.29, 0.717) is 23.0 Å². The number of nitrogens with one attached hydrogen (secondary N) is 1. The maximum atomic E-state index is 12.0. The van der Waals surface area contributed by atoms with Crippen molar-refractivity contribution in [3.8, 4) is 11.8 Å². The van der Waals surface area contributed by atoms with Crippen molar-refractivity contribution in [1.29, 1.82) is 5.26 Å². The number of hydrogen-bond donors (Lipinski definition) is 1. The summed E-state index contributed by atoms with van der Waals surface area (Å²) in [5, 5.41) is 11.1. The molecule has 0 atom stereocenters. The molecule has 20 heavy (non-hydrogen) atoms. The van der Waals surface area contributed by atoms with Crippen LogP contribution in [-0.4, -0.2) is 17.5 Å². The fraction of sp³-hybridized carbons (Fsp3) is 0.214. The van der Waals surface area contributed by atoms with E-state index in [4.69, 9.17) is 14.4 Å². The number of nitrogens with zero attached hydrogens (tertiary/aromatic N) is 2. The van der Waals surface area contributed by atoms with E-state index in [1.165, 1.54) is 0 Å². The van der Waals surface area contributed by atoms with Crippen LogP contribution in [0.15, 0.2) is 28.7 Å². The second kappa shape index (κ2) is 5.89. The molecule has 0 saturated heterocycles. The molecule has 0 fully saturated rings. The van der Waals surface area contributed by atoms with E-state index in [1.807, 2.05) is 6.07 Å². The third kappa shape index (κ3) is 3.14. The van der Waals surface area contributed by atoms with E-state index in [-0.39, 0.29) is 18.3 Å². The number of carbonyl (C=O) groups is 1. The molecule has 0 spiro atoms. The molecule has 6 nitrogen and oxygen atoms in total. The lowest BCUT2D eigenvalue weighted by molar-refractivity contribution is 0.0994. The SMILES string of the molecule is Cc1nc(C)c(C(=O)Nc2ccc(OCC#N)cc2)o1. The highest BCUT2D eigenvalue weighted by atomic mass is 16.5. The fourth-order valence-corrected chi connectivity index (χ4v) is 1.68. The number of aromatic nitrogens is 1. The van der Waals surface area contributed by atoms with Gasteiger partial charge in [-0.25, -0.2) is 4.98 Å². The smallest absolute Gasteiger partial charge is 0.293 e. The van der Waals surface area contributed by atoms with Gasteiger partial charge in [-0.1, -0.05) is 0 Å². The zero-order chi connectivity index (χ0) is 14.5. The first kappa shape index (κ1) is 13.6. The van der Waals surface area contributed by atoms with Crippen LogP contribution < -0.4 is 10.1 Å². The van der Waals surface area contributed by atoms with Crippen molar-refractivity contribution in [3.05, 3.63) is 41.6 Å². The topological polar surface area (TPSA) is 88.1 Å². The molecule has 1 N–H and O–H groups in total. The molecule has 1 heterocycles. The molecule has 0 radical (unpaired) electrons. The molecule has 2 aromatic rings. The summed E-state index contributed by atoms with van der Waals surface area (Å²) < 4.78 is 10.4. The van der Waals surface area contributed by atoms with E-state index >= 15 is 0 Å². The Bertz CT molecular complexity index is 653. The highest BCUT2D eigenvalue weighted by molar-refractivity contribution is 6.02. The molecule has 0 saturated carbocycles. The van der Waals surface area contributed by atoms with Crippen LogP contribution >= 0.6 is 0 Å². The van der Waals surface area contributed by atoms with E-state index < -0.39 is 0 Å². The van der Waals surface area contributed by atoms with Crippen molar-refractivity contribution in [2.75, 3.05) is 11.9 Å². The molecule has 6 heteroatoms. The van der Waals surface area contributed by atoms with Gasteiger partial charge in [0.2, 0.25) is 5.76 Å². The van der Waals surface area contributed by atoms with Crippen LogP contribution in [0.5, 0.6) is 5.75 Å². The lowest BCUT2D eigenvalue weighted by atomic mass is 10.3. The standard InChI is InChI=1S/C14H13N3O3/c1-9-13(20-10(2)16-9)14(18)17-11-3-5-12(6-4-11)19-8-7-15/h3-6H,8H2,1-2H3,(H,17,18). The molecular weight excluding hydrogens is 258 g/mol. The van der Waals surface area contributed by atoms with Crippen LogP contribution in [0, 0.1) is 25.2 Å². The normalized spacial score (nSPS) is 9.85. The van der Waals surface area contributed by atoms with Gasteiger partial charge in [0, 0.05) is 12.6 Å². The number of rotatable bonds is 4. The summed E-state index contributed by atoms with van der Waals surface area (Å²) in [5.74, 6) is 0.866. The Morgan fingerprint density at radius 3 is 2.65 bits per heavy atom. The number of anilines is 1. The second-order valence-corrected chi connectivity index (χ2v) is 4.07. The van der Waals surface area contributed by atoms with Gasteiger partial charge >= 0.3 is 0 Å². The Morgan fingerprint density at radius 1 is 1.40 bits per heavy atom. The number of nitriles is 1. The molecule has 2 rings (SSSR count). The van der Waals surface area contributed by atoms with E-state index in [2.05, 4.69) is 10.3 Å². The minimum absolute atomic E-state index is 0.0117. The van der Waals surface area contributed by atoms with Crippen molar-refractivity contribution < 1.29 is 13.9 Å². The maximum absolute atomic E-state index is 12.0. The fourth-order valence-electron chi connectivity index (χ4n) is 1.68. The Balaban J connectivity index is 2.05. The first-order valence-electron chi connectivity index (χ1n) is 5.95. The van der Waals surface area contributed by atoms with Crippen molar-refractivity contribution >= 4 is 11.6 Å². The number of aryl methyl sites for hydroxylation is 2. The Morgan fingerprint density at radius 2 is 2.10 bits per heavy atom. The Labute approximate surface area is 116 Å². The summed E-state index contributed by atoms with van der Waals surface area (Å²) in [6.45, 7) is 3.39. The van der Waals surface area contributed by atoms with Crippen LogP contribution in [0.4, 0.5) is 5.69 Å². The minimum atomic E-state index is -0.353. The molecule has 0 aliphatic rings. The average molecular weight is 271 g/mol. The van der Waals surface area contributed by atoms with Gasteiger partial charge in [-0.05, 0) is 31.2 Å². The van der Waals surface area contributed by atoms with Gasteiger partial charge in [-0.15, -0.1) is 0 Å². The van der Waals surface area contributed by atoms with Gasteiger partial charge in [0.25, 0.3) is 5.91 Å². The van der Waals surface area contributed by atoms with Gasteiger partial charge in [0.1, 0.15) is 11.8 Å². The molecule has 0 unspecified atom stereocenters. The average Bonchev–Trinajstić information content (AvgIpc) is 2.77. The summed E-state index contributed by atoms with van der Waals surface area (Å²) in [6, 6.07) is 8.59. The summed E-state index contributed by atoms with van der Waals surface area (Å²) in [6.07, 6.45) is 0. The van der Waals surface area contributed by atoms with Gasteiger partial charge in [-0.3, -0.25) is 4.79 Å².